The number of fused-ring (bicyclic) bond motifs is 1. The van der Waals surface area contributed by atoms with Crippen molar-refractivity contribution in [3.8, 4) is 5.75 Å². The highest BCUT2D eigenvalue weighted by Gasteiger charge is 2.29. The van der Waals surface area contributed by atoms with Gasteiger partial charge in [0.2, 0.25) is 0 Å². The van der Waals surface area contributed by atoms with E-state index in [0.29, 0.717) is 11.8 Å². The third-order valence-electron chi connectivity index (χ3n) is 4.07. The molecule has 2 aromatic rings. The number of esters is 1. The Balaban J connectivity index is 2.29. The van der Waals surface area contributed by atoms with Gasteiger partial charge in [-0.15, -0.1) is 0 Å². The van der Waals surface area contributed by atoms with Gasteiger partial charge in [0, 0.05) is 17.5 Å². The van der Waals surface area contributed by atoms with Crippen molar-refractivity contribution in [2.45, 2.75) is 59.6 Å². The van der Waals surface area contributed by atoms with Gasteiger partial charge in [0.1, 0.15) is 17.2 Å². The first-order chi connectivity index (χ1) is 13.4. The van der Waals surface area contributed by atoms with Gasteiger partial charge in [-0.1, -0.05) is 32.4 Å². The van der Waals surface area contributed by atoms with Gasteiger partial charge in [-0.3, -0.25) is 0 Å². The zero-order valence-corrected chi connectivity index (χ0v) is 18.2. The summed E-state index contributed by atoms with van der Waals surface area (Å²) in [6.07, 6.45) is -0.108. The van der Waals surface area contributed by atoms with Gasteiger partial charge in [-0.2, -0.15) is 0 Å². The van der Waals surface area contributed by atoms with Crippen LogP contribution in [0.1, 0.15) is 47.1 Å². The van der Waals surface area contributed by atoms with E-state index >= 15 is 0 Å². The third kappa shape index (κ3) is 5.97. The maximum atomic E-state index is 12.7. The Kier molecular flexibility index (Phi) is 6.95. The molecule has 8 heteroatoms. The zero-order chi connectivity index (χ0) is 21.9. The fourth-order valence-electron chi connectivity index (χ4n) is 2.70. The van der Waals surface area contributed by atoms with E-state index in [1.165, 1.54) is 12.1 Å². The first-order valence-corrected chi connectivity index (χ1v) is 9.76. The Morgan fingerprint density at radius 3 is 2.41 bits per heavy atom. The average molecular weight is 424 g/mol. The van der Waals surface area contributed by atoms with E-state index in [1.54, 1.807) is 40.7 Å². The molecule has 7 nitrogen and oxygen atoms in total. The second-order valence-electron chi connectivity index (χ2n) is 8.01. The molecule has 0 spiro atoms. The number of carbonyl (C=O) groups is 2. The molecule has 1 heterocycles. The zero-order valence-electron chi connectivity index (χ0n) is 17.4. The molecule has 0 saturated heterocycles. The maximum absolute atomic E-state index is 12.7. The van der Waals surface area contributed by atoms with Gasteiger partial charge in [0.25, 0.3) is 0 Å². The Morgan fingerprint density at radius 1 is 1.21 bits per heavy atom. The van der Waals surface area contributed by atoms with Crippen LogP contribution < -0.4 is 15.7 Å². The van der Waals surface area contributed by atoms with Crippen molar-refractivity contribution in [2.24, 2.45) is 5.92 Å². The summed E-state index contributed by atoms with van der Waals surface area (Å²) in [5.74, 6) is -0.933. The molecule has 1 aromatic carbocycles. The maximum Gasteiger partial charge on any atom is 0.408 e. The largest absolute Gasteiger partial charge is 0.444 e. The molecule has 29 heavy (non-hydrogen) atoms. The van der Waals surface area contributed by atoms with Gasteiger partial charge >= 0.3 is 17.7 Å². The number of rotatable bonds is 5. The summed E-state index contributed by atoms with van der Waals surface area (Å²) in [5, 5.41) is 3.38. The summed E-state index contributed by atoms with van der Waals surface area (Å²) < 4.78 is 15.8. The molecule has 1 atom stereocenters. The predicted octanol–water partition coefficient (Wildman–Crippen LogP) is 4.46. The van der Waals surface area contributed by atoms with Crippen molar-refractivity contribution in [2.75, 3.05) is 0 Å². The molecular weight excluding hydrogens is 398 g/mol. The quantitative estimate of drug-likeness (QED) is 0.433. The summed E-state index contributed by atoms with van der Waals surface area (Å²) in [4.78, 5) is 36.5. The SMILES string of the molecule is CCc1cc(=O)oc2cc(OC(=O)[C@@H](NC(=O)OC(C)(C)C)C(C)C)c(Cl)cc12. The summed E-state index contributed by atoms with van der Waals surface area (Å²) in [6, 6.07) is 3.45. The van der Waals surface area contributed by atoms with E-state index < -0.39 is 29.3 Å². The van der Waals surface area contributed by atoms with Crippen LogP contribution >= 0.6 is 11.6 Å². The molecule has 158 valence electrons. The summed E-state index contributed by atoms with van der Waals surface area (Å²) in [5.41, 5.74) is -0.155. The molecular formula is C21H26ClNO6. The topological polar surface area (TPSA) is 94.8 Å². The molecule has 1 aromatic heterocycles. The highest BCUT2D eigenvalue weighted by molar-refractivity contribution is 6.33. The molecule has 0 saturated carbocycles. The number of aryl methyl sites for hydroxylation is 1. The highest BCUT2D eigenvalue weighted by atomic mass is 35.5. The lowest BCUT2D eigenvalue weighted by molar-refractivity contribution is -0.137. The summed E-state index contributed by atoms with van der Waals surface area (Å²) in [7, 11) is 0. The fraction of sp³-hybridized carbons (Fsp3) is 0.476. The van der Waals surface area contributed by atoms with Crippen molar-refractivity contribution >= 4 is 34.6 Å². The first kappa shape index (κ1) is 22.7. The van der Waals surface area contributed by atoms with Gasteiger partial charge in [0.15, 0.2) is 5.75 Å². The van der Waals surface area contributed by atoms with E-state index in [4.69, 9.17) is 25.5 Å². The van der Waals surface area contributed by atoms with Gasteiger partial charge in [-0.25, -0.2) is 14.4 Å². The second-order valence-corrected chi connectivity index (χ2v) is 8.42. The van der Waals surface area contributed by atoms with Crippen LogP contribution in [0.2, 0.25) is 5.02 Å². The molecule has 0 aliphatic heterocycles. The summed E-state index contributed by atoms with van der Waals surface area (Å²) >= 11 is 6.28. The van der Waals surface area contributed by atoms with E-state index in [9.17, 15) is 14.4 Å². The van der Waals surface area contributed by atoms with Crippen molar-refractivity contribution in [3.63, 3.8) is 0 Å². The van der Waals surface area contributed by atoms with Crippen molar-refractivity contribution in [3.05, 3.63) is 39.2 Å². The van der Waals surface area contributed by atoms with Gasteiger partial charge < -0.3 is 19.2 Å². The van der Waals surface area contributed by atoms with Crippen molar-refractivity contribution in [1.82, 2.24) is 5.32 Å². The molecule has 1 N–H and O–H groups in total. The predicted molar refractivity (Wildman–Crippen MR) is 111 cm³/mol. The fourth-order valence-corrected chi connectivity index (χ4v) is 2.91. The van der Waals surface area contributed by atoms with Crippen LogP contribution in [-0.2, 0) is 16.0 Å². The molecule has 0 radical (unpaired) electrons. The van der Waals surface area contributed by atoms with E-state index in [0.717, 1.165) is 5.56 Å². The van der Waals surface area contributed by atoms with Crippen LogP contribution in [0.15, 0.2) is 27.4 Å². The highest BCUT2D eigenvalue weighted by Crippen LogP contribution is 2.32. The van der Waals surface area contributed by atoms with E-state index in [2.05, 4.69) is 5.32 Å². The molecule has 0 unspecified atom stereocenters. The summed E-state index contributed by atoms with van der Waals surface area (Å²) in [6.45, 7) is 10.6. The minimum atomic E-state index is -0.953. The van der Waals surface area contributed by atoms with Crippen LogP contribution in [0.3, 0.4) is 0 Å². The number of nitrogens with one attached hydrogen (secondary N) is 1. The second kappa shape index (κ2) is 8.86. The van der Waals surface area contributed by atoms with Crippen LogP contribution in [0.5, 0.6) is 5.75 Å². The number of hydrogen-bond donors (Lipinski definition) is 1. The Morgan fingerprint density at radius 2 is 1.86 bits per heavy atom. The smallest absolute Gasteiger partial charge is 0.408 e. The molecule has 0 aliphatic rings. The van der Waals surface area contributed by atoms with E-state index in [-0.39, 0.29) is 22.3 Å². The molecule has 0 fully saturated rings. The number of amides is 1. The van der Waals surface area contributed by atoms with Crippen LogP contribution in [0.25, 0.3) is 11.0 Å². The first-order valence-electron chi connectivity index (χ1n) is 9.38. The average Bonchev–Trinajstić information content (AvgIpc) is 2.58. The Hall–Kier alpha value is -2.54. The minimum absolute atomic E-state index is 0.0391. The number of carbonyl (C=O) groups excluding carboxylic acids is 2. The number of hydrogen-bond acceptors (Lipinski definition) is 6. The Labute approximate surface area is 174 Å². The molecule has 0 bridgehead atoms. The monoisotopic (exact) mass is 423 g/mol. The molecule has 0 aliphatic carbocycles. The van der Waals surface area contributed by atoms with Crippen molar-refractivity contribution < 1.29 is 23.5 Å². The number of halogens is 1. The standard InChI is InChI=1S/C21H26ClNO6/c1-7-12-8-17(24)27-15-10-16(14(22)9-13(12)15)28-19(25)18(11(2)3)23-20(26)29-21(4,5)6/h8-11,18H,7H2,1-6H3,(H,23,26)/t18-/m0/s1. The number of benzene rings is 1. The van der Waals surface area contributed by atoms with Crippen LogP contribution in [0.4, 0.5) is 4.79 Å². The van der Waals surface area contributed by atoms with Gasteiger partial charge in [0.05, 0.1) is 5.02 Å². The van der Waals surface area contributed by atoms with Gasteiger partial charge in [-0.05, 0) is 44.7 Å². The van der Waals surface area contributed by atoms with Crippen molar-refractivity contribution in [1.29, 1.82) is 0 Å². The lowest BCUT2D eigenvalue weighted by Gasteiger charge is -2.24. The molecule has 2 rings (SSSR count). The Bertz CT molecular complexity index is 974. The van der Waals surface area contributed by atoms with Crippen LogP contribution in [0, 0.1) is 5.92 Å². The molecule has 1 amide bonds. The minimum Gasteiger partial charge on any atom is -0.444 e. The normalized spacial score (nSPS) is 12.7. The third-order valence-corrected chi connectivity index (χ3v) is 4.36. The number of ether oxygens (including phenoxy) is 2. The lowest BCUT2D eigenvalue weighted by atomic mass is 10.0. The van der Waals surface area contributed by atoms with Crippen LogP contribution in [-0.4, -0.2) is 23.7 Å². The lowest BCUT2D eigenvalue weighted by Crippen LogP contribution is -2.48. The number of alkyl carbamates (subject to hydrolysis) is 1. The van der Waals surface area contributed by atoms with E-state index in [1.807, 2.05) is 6.92 Å².